The Morgan fingerprint density at radius 1 is 1.09 bits per heavy atom. The number of anilines is 1. The van der Waals surface area contributed by atoms with Gasteiger partial charge in [-0.1, -0.05) is 35.9 Å². The maximum atomic E-state index is 13.8. The van der Waals surface area contributed by atoms with Gasteiger partial charge in [-0.05, 0) is 41.1 Å². The highest BCUT2D eigenvalue weighted by atomic mass is 35.5. The molecular formula is C18H13ClFNO2. The Hall–Kier alpha value is -2.59. The van der Waals surface area contributed by atoms with E-state index < -0.39 is 11.7 Å². The number of nitrogens with one attached hydrogen (secondary N) is 1. The van der Waals surface area contributed by atoms with Crippen LogP contribution in [-0.2, 0) is 0 Å². The average Bonchev–Trinajstić information content (AvgIpc) is 2.56. The molecule has 0 aromatic heterocycles. The zero-order valence-corrected chi connectivity index (χ0v) is 13.0. The number of amides is 1. The second kappa shape index (κ2) is 6.26. The van der Waals surface area contributed by atoms with Gasteiger partial charge in [-0.15, -0.1) is 0 Å². The molecule has 0 heterocycles. The quantitative estimate of drug-likeness (QED) is 0.742. The normalized spacial score (nSPS) is 10.6. The van der Waals surface area contributed by atoms with Crippen molar-refractivity contribution in [1.82, 2.24) is 0 Å². The molecule has 0 fully saturated rings. The second-order valence-corrected chi connectivity index (χ2v) is 5.41. The van der Waals surface area contributed by atoms with Crippen LogP contribution in [0.1, 0.15) is 10.4 Å². The van der Waals surface area contributed by atoms with E-state index in [1.807, 2.05) is 24.3 Å². The van der Waals surface area contributed by atoms with Crippen LogP contribution < -0.4 is 10.1 Å². The molecule has 0 aliphatic rings. The number of ether oxygens (including phenoxy) is 1. The van der Waals surface area contributed by atoms with Crippen LogP contribution in [0.5, 0.6) is 5.75 Å². The van der Waals surface area contributed by atoms with Crippen molar-refractivity contribution < 1.29 is 13.9 Å². The van der Waals surface area contributed by atoms with Crippen molar-refractivity contribution in [3.63, 3.8) is 0 Å². The van der Waals surface area contributed by atoms with Crippen LogP contribution in [0.25, 0.3) is 10.8 Å². The third kappa shape index (κ3) is 3.12. The van der Waals surface area contributed by atoms with Crippen LogP contribution in [-0.4, -0.2) is 13.0 Å². The van der Waals surface area contributed by atoms with Crippen LogP contribution in [0.3, 0.4) is 0 Å². The number of halogens is 2. The van der Waals surface area contributed by atoms with Gasteiger partial charge in [0.25, 0.3) is 5.91 Å². The first kappa shape index (κ1) is 15.3. The summed E-state index contributed by atoms with van der Waals surface area (Å²) in [4.78, 5) is 12.5. The summed E-state index contributed by atoms with van der Waals surface area (Å²) in [6.45, 7) is 0. The predicted octanol–water partition coefficient (Wildman–Crippen LogP) is 4.89. The van der Waals surface area contributed by atoms with Gasteiger partial charge in [0.15, 0.2) is 0 Å². The topological polar surface area (TPSA) is 38.3 Å². The molecule has 3 aromatic rings. The molecule has 1 N–H and O–H groups in total. The molecule has 1 amide bonds. The highest BCUT2D eigenvalue weighted by Crippen LogP contribution is 2.27. The number of fused-ring (bicyclic) bond motifs is 1. The number of carbonyl (C=O) groups is 1. The summed E-state index contributed by atoms with van der Waals surface area (Å²) in [5.41, 5.74) is 0.398. The predicted molar refractivity (Wildman–Crippen MR) is 89.9 cm³/mol. The van der Waals surface area contributed by atoms with E-state index in [9.17, 15) is 9.18 Å². The Bertz CT molecular complexity index is 895. The number of hydrogen-bond donors (Lipinski definition) is 1. The van der Waals surface area contributed by atoms with Gasteiger partial charge in [0.1, 0.15) is 11.6 Å². The van der Waals surface area contributed by atoms with Gasteiger partial charge >= 0.3 is 0 Å². The zero-order chi connectivity index (χ0) is 16.4. The third-order valence-electron chi connectivity index (χ3n) is 3.49. The summed E-state index contributed by atoms with van der Waals surface area (Å²) >= 11 is 5.71. The lowest BCUT2D eigenvalue weighted by molar-refractivity contribution is 0.102. The summed E-state index contributed by atoms with van der Waals surface area (Å²) < 4.78 is 19.1. The molecule has 3 rings (SSSR count). The molecular weight excluding hydrogens is 317 g/mol. The lowest BCUT2D eigenvalue weighted by atomic mass is 10.1. The SMILES string of the molecule is COc1cc2ccccc2cc1C(=O)Nc1ccc(Cl)cc1F. The molecule has 0 radical (unpaired) electrons. The van der Waals surface area contributed by atoms with Crippen molar-refractivity contribution in [2.45, 2.75) is 0 Å². The summed E-state index contributed by atoms with van der Waals surface area (Å²) in [6, 6.07) is 15.2. The first-order valence-corrected chi connectivity index (χ1v) is 7.29. The van der Waals surface area contributed by atoms with Crippen molar-refractivity contribution in [1.29, 1.82) is 0 Å². The van der Waals surface area contributed by atoms with Crippen molar-refractivity contribution in [2.75, 3.05) is 12.4 Å². The van der Waals surface area contributed by atoms with E-state index in [4.69, 9.17) is 16.3 Å². The molecule has 23 heavy (non-hydrogen) atoms. The van der Waals surface area contributed by atoms with Gasteiger partial charge < -0.3 is 10.1 Å². The van der Waals surface area contributed by atoms with E-state index in [0.29, 0.717) is 11.3 Å². The first-order valence-electron chi connectivity index (χ1n) is 6.91. The number of rotatable bonds is 3. The van der Waals surface area contributed by atoms with Crippen molar-refractivity contribution in [2.24, 2.45) is 0 Å². The maximum Gasteiger partial charge on any atom is 0.259 e. The third-order valence-corrected chi connectivity index (χ3v) is 3.73. The van der Waals surface area contributed by atoms with E-state index in [0.717, 1.165) is 16.8 Å². The van der Waals surface area contributed by atoms with Crippen molar-refractivity contribution in [3.05, 3.63) is 71.0 Å². The van der Waals surface area contributed by atoms with Gasteiger partial charge in [-0.25, -0.2) is 4.39 Å². The maximum absolute atomic E-state index is 13.8. The van der Waals surface area contributed by atoms with E-state index >= 15 is 0 Å². The molecule has 0 spiro atoms. The van der Waals surface area contributed by atoms with Gasteiger partial charge in [0.2, 0.25) is 0 Å². The summed E-state index contributed by atoms with van der Waals surface area (Å²) in [5, 5.41) is 4.66. The summed E-state index contributed by atoms with van der Waals surface area (Å²) in [7, 11) is 1.49. The Kier molecular flexibility index (Phi) is 4.17. The lowest BCUT2D eigenvalue weighted by Crippen LogP contribution is -2.14. The number of hydrogen-bond acceptors (Lipinski definition) is 2. The van der Waals surface area contributed by atoms with Gasteiger partial charge in [-0.2, -0.15) is 0 Å². The van der Waals surface area contributed by atoms with Gasteiger partial charge in [-0.3, -0.25) is 4.79 Å². The van der Waals surface area contributed by atoms with Crippen molar-refractivity contribution in [3.8, 4) is 5.75 Å². The van der Waals surface area contributed by atoms with Gasteiger partial charge in [0, 0.05) is 5.02 Å². The molecule has 116 valence electrons. The Balaban J connectivity index is 1.99. The molecule has 0 bridgehead atoms. The van der Waals surface area contributed by atoms with E-state index in [1.165, 1.54) is 19.2 Å². The molecule has 0 atom stereocenters. The van der Waals surface area contributed by atoms with Crippen LogP contribution >= 0.6 is 11.6 Å². The molecule has 0 aliphatic heterocycles. The first-order chi connectivity index (χ1) is 11.1. The Morgan fingerprint density at radius 3 is 2.43 bits per heavy atom. The fourth-order valence-corrected chi connectivity index (χ4v) is 2.51. The highest BCUT2D eigenvalue weighted by Gasteiger charge is 2.15. The number of methoxy groups -OCH3 is 1. The van der Waals surface area contributed by atoms with Crippen molar-refractivity contribution >= 4 is 34.0 Å². The van der Waals surface area contributed by atoms with Crippen LogP contribution in [0.15, 0.2) is 54.6 Å². The van der Waals surface area contributed by atoms with Crippen LogP contribution in [0.2, 0.25) is 5.02 Å². The minimum Gasteiger partial charge on any atom is -0.496 e. The lowest BCUT2D eigenvalue weighted by Gasteiger charge is -2.11. The zero-order valence-electron chi connectivity index (χ0n) is 12.3. The minimum absolute atomic E-state index is 0.0645. The Morgan fingerprint density at radius 2 is 1.78 bits per heavy atom. The molecule has 3 nitrogen and oxygen atoms in total. The average molecular weight is 330 g/mol. The summed E-state index contributed by atoms with van der Waals surface area (Å²) in [5.74, 6) is -0.616. The second-order valence-electron chi connectivity index (χ2n) is 4.98. The largest absolute Gasteiger partial charge is 0.496 e. The van der Waals surface area contributed by atoms with Crippen LogP contribution in [0, 0.1) is 5.82 Å². The fourth-order valence-electron chi connectivity index (χ4n) is 2.35. The smallest absolute Gasteiger partial charge is 0.259 e. The number of benzene rings is 3. The molecule has 0 saturated heterocycles. The fraction of sp³-hybridized carbons (Fsp3) is 0.0556. The minimum atomic E-state index is -0.592. The van der Waals surface area contributed by atoms with Crippen LogP contribution in [0.4, 0.5) is 10.1 Å². The molecule has 0 saturated carbocycles. The number of carbonyl (C=O) groups excluding carboxylic acids is 1. The van der Waals surface area contributed by atoms with E-state index in [2.05, 4.69) is 5.32 Å². The van der Waals surface area contributed by atoms with Gasteiger partial charge in [0.05, 0.1) is 18.4 Å². The molecule has 3 aromatic carbocycles. The standard InChI is InChI=1S/C18H13ClFNO2/c1-23-17-9-12-5-3-2-4-11(12)8-14(17)18(22)21-16-7-6-13(19)10-15(16)20/h2-10H,1H3,(H,21,22). The van der Waals surface area contributed by atoms with E-state index in [-0.39, 0.29) is 10.7 Å². The highest BCUT2D eigenvalue weighted by molar-refractivity contribution is 6.30. The molecule has 5 heteroatoms. The summed E-state index contributed by atoms with van der Waals surface area (Å²) in [6.07, 6.45) is 0. The monoisotopic (exact) mass is 329 g/mol. The van der Waals surface area contributed by atoms with E-state index in [1.54, 1.807) is 12.1 Å². The molecule has 0 aliphatic carbocycles. The Labute approximate surface area is 137 Å². The molecule has 0 unspecified atom stereocenters.